The normalized spacial score (nSPS) is 11.4. The van der Waals surface area contributed by atoms with Crippen LogP contribution in [0.3, 0.4) is 0 Å². The van der Waals surface area contributed by atoms with Crippen molar-refractivity contribution in [2.45, 2.75) is 12.8 Å². The molecule has 1 aromatic carbocycles. The molecule has 0 saturated heterocycles. The van der Waals surface area contributed by atoms with Crippen molar-refractivity contribution in [2.75, 3.05) is 11.9 Å². The van der Waals surface area contributed by atoms with E-state index in [4.69, 9.17) is 0 Å². The maximum absolute atomic E-state index is 12.3. The Labute approximate surface area is 126 Å². The summed E-state index contributed by atoms with van der Waals surface area (Å²) in [5.74, 6) is -0.238. The maximum Gasteiger partial charge on any atom is 0.573 e. The highest BCUT2D eigenvalue weighted by atomic mass is 79.9. The quantitative estimate of drug-likeness (QED) is 0.798. The average Bonchev–Trinajstić information content (AvgIpc) is 2.83. The fraction of sp³-hybridized carbons (Fsp3) is 0.231. The van der Waals surface area contributed by atoms with E-state index in [-0.39, 0.29) is 5.75 Å². The summed E-state index contributed by atoms with van der Waals surface area (Å²) >= 11 is 4.75. The molecule has 0 spiro atoms. The van der Waals surface area contributed by atoms with E-state index < -0.39 is 6.36 Å². The molecule has 20 heavy (non-hydrogen) atoms. The van der Waals surface area contributed by atoms with Crippen molar-refractivity contribution >= 4 is 33.0 Å². The lowest BCUT2D eigenvalue weighted by molar-refractivity contribution is -0.274. The van der Waals surface area contributed by atoms with Crippen LogP contribution in [0.5, 0.6) is 5.75 Å². The molecule has 2 aromatic rings. The minimum Gasteiger partial charge on any atom is -0.404 e. The number of thiophene rings is 1. The number of ether oxygens (including phenoxy) is 1. The Kier molecular flexibility index (Phi) is 4.93. The predicted octanol–water partition coefficient (Wildman–Crippen LogP) is 5.06. The summed E-state index contributed by atoms with van der Waals surface area (Å²) in [6, 6.07) is 8.44. The van der Waals surface area contributed by atoms with Crippen molar-refractivity contribution in [2.24, 2.45) is 0 Å². The molecule has 2 rings (SSSR count). The molecule has 0 radical (unpaired) electrons. The number of benzene rings is 1. The summed E-state index contributed by atoms with van der Waals surface area (Å²) in [5.41, 5.74) is 0.321. The number of anilines is 1. The summed E-state index contributed by atoms with van der Waals surface area (Å²) in [4.78, 5) is 1.17. The highest BCUT2D eigenvalue weighted by Gasteiger charge is 2.32. The molecule has 0 saturated carbocycles. The number of hydrogen-bond acceptors (Lipinski definition) is 3. The van der Waals surface area contributed by atoms with Gasteiger partial charge in [-0.2, -0.15) is 0 Å². The molecule has 2 nitrogen and oxygen atoms in total. The third-order valence-corrected chi connectivity index (χ3v) is 3.87. The summed E-state index contributed by atoms with van der Waals surface area (Å²) < 4.78 is 41.5. The van der Waals surface area contributed by atoms with Gasteiger partial charge in [-0.1, -0.05) is 22.0 Å². The van der Waals surface area contributed by atoms with Crippen LogP contribution in [0.1, 0.15) is 4.88 Å². The molecule has 1 aromatic heterocycles. The van der Waals surface area contributed by atoms with E-state index in [1.807, 2.05) is 17.5 Å². The Morgan fingerprint density at radius 3 is 2.70 bits per heavy atom. The minimum absolute atomic E-state index is 0.238. The van der Waals surface area contributed by atoms with Crippen molar-refractivity contribution < 1.29 is 17.9 Å². The lowest BCUT2D eigenvalue weighted by Gasteiger charge is -2.14. The first-order valence-electron chi connectivity index (χ1n) is 5.75. The first-order chi connectivity index (χ1) is 9.44. The number of rotatable bonds is 5. The van der Waals surface area contributed by atoms with E-state index in [1.165, 1.54) is 10.9 Å². The second-order valence-corrected chi connectivity index (χ2v) is 5.89. The second-order valence-electron chi connectivity index (χ2n) is 3.94. The van der Waals surface area contributed by atoms with Crippen LogP contribution < -0.4 is 10.1 Å². The molecule has 108 valence electrons. The smallest absolute Gasteiger partial charge is 0.404 e. The van der Waals surface area contributed by atoms with Crippen LogP contribution in [0.25, 0.3) is 0 Å². The molecule has 0 bridgehead atoms. The Balaban J connectivity index is 2.02. The van der Waals surface area contributed by atoms with E-state index in [2.05, 4.69) is 26.0 Å². The molecule has 7 heteroatoms. The van der Waals surface area contributed by atoms with Gasteiger partial charge in [0.05, 0.1) is 5.69 Å². The van der Waals surface area contributed by atoms with Crippen LogP contribution in [-0.4, -0.2) is 12.9 Å². The van der Waals surface area contributed by atoms with Crippen LogP contribution in [-0.2, 0) is 6.42 Å². The third-order valence-electron chi connectivity index (χ3n) is 2.44. The van der Waals surface area contributed by atoms with E-state index in [0.717, 1.165) is 6.42 Å². The minimum atomic E-state index is -4.70. The van der Waals surface area contributed by atoms with Gasteiger partial charge in [0.2, 0.25) is 0 Å². The van der Waals surface area contributed by atoms with Crippen molar-refractivity contribution in [3.8, 4) is 5.75 Å². The molecule has 0 amide bonds. The summed E-state index contributed by atoms with van der Waals surface area (Å²) in [6.07, 6.45) is -3.95. The zero-order valence-corrected chi connectivity index (χ0v) is 12.6. The van der Waals surface area contributed by atoms with E-state index in [1.54, 1.807) is 23.5 Å². The Morgan fingerprint density at radius 1 is 1.25 bits per heavy atom. The highest BCUT2D eigenvalue weighted by Crippen LogP contribution is 2.32. The van der Waals surface area contributed by atoms with Crippen molar-refractivity contribution in [1.29, 1.82) is 0 Å². The van der Waals surface area contributed by atoms with Gasteiger partial charge in [0.1, 0.15) is 0 Å². The van der Waals surface area contributed by atoms with Crippen LogP contribution in [0.2, 0.25) is 0 Å². The summed E-state index contributed by atoms with van der Waals surface area (Å²) in [5, 5.41) is 4.93. The monoisotopic (exact) mass is 365 g/mol. The van der Waals surface area contributed by atoms with Crippen molar-refractivity contribution in [1.82, 2.24) is 0 Å². The van der Waals surface area contributed by atoms with Crippen LogP contribution >= 0.6 is 27.3 Å². The fourth-order valence-corrected chi connectivity index (χ4v) is 2.68. The van der Waals surface area contributed by atoms with Gasteiger partial charge in [0.25, 0.3) is 0 Å². The Bertz CT molecular complexity index is 557. The molecule has 0 aliphatic rings. The SMILES string of the molecule is FC(F)(F)Oc1cc(Br)ccc1NCCc1cccs1. The Hall–Kier alpha value is -1.21. The van der Waals surface area contributed by atoms with Gasteiger partial charge in [-0.3, -0.25) is 0 Å². The number of halogens is 4. The van der Waals surface area contributed by atoms with Gasteiger partial charge >= 0.3 is 6.36 Å². The molecular formula is C13H11BrF3NOS. The van der Waals surface area contributed by atoms with Gasteiger partial charge in [0, 0.05) is 15.9 Å². The second kappa shape index (κ2) is 6.49. The number of nitrogens with one attached hydrogen (secondary N) is 1. The molecule has 0 atom stereocenters. The summed E-state index contributed by atoms with van der Waals surface area (Å²) in [6.45, 7) is 0.538. The Morgan fingerprint density at radius 2 is 2.05 bits per heavy atom. The van der Waals surface area contributed by atoms with Gasteiger partial charge in [0.15, 0.2) is 5.75 Å². The predicted molar refractivity (Wildman–Crippen MR) is 77.3 cm³/mol. The lowest BCUT2D eigenvalue weighted by Crippen LogP contribution is -2.18. The van der Waals surface area contributed by atoms with E-state index in [0.29, 0.717) is 16.7 Å². The zero-order chi connectivity index (χ0) is 14.6. The molecular weight excluding hydrogens is 355 g/mol. The van der Waals surface area contributed by atoms with Crippen molar-refractivity contribution in [3.63, 3.8) is 0 Å². The fourth-order valence-electron chi connectivity index (χ4n) is 1.63. The van der Waals surface area contributed by atoms with Crippen LogP contribution in [0, 0.1) is 0 Å². The molecule has 1 heterocycles. The van der Waals surface area contributed by atoms with Gasteiger partial charge in [-0.05, 0) is 36.1 Å². The summed E-state index contributed by atoms with van der Waals surface area (Å²) in [7, 11) is 0. The first kappa shape index (κ1) is 15.2. The molecule has 0 unspecified atom stereocenters. The third kappa shape index (κ3) is 4.72. The topological polar surface area (TPSA) is 21.3 Å². The zero-order valence-electron chi connectivity index (χ0n) is 10.2. The molecule has 1 N–H and O–H groups in total. The standard InChI is InChI=1S/C13H11BrF3NOS/c14-9-3-4-11(12(8-9)19-13(15,16)17)18-6-5-10-2-1-7-20-10/h1-4,7-8,18H,5-6H2. The molecule has 0 fully saturated rings. The average molecular weight is 366 g/mol. The first-order valence-corrected chi connectivity index (χ1v) is 7.43. The molecule has 0 aliphatic heterocycles. The van der Waals surface area contributed by atoms with Gasteiger partial charge in [-0.15, -0.1) is 24.5 Å². The van der Waals surface area contributed by atoms with Gasteiger partial charge in [-0.25, -0.2) is 0 Å². The van der Waals surface area contributed by atoms with Crippen LogP contribution in [0.15, 0.2) is 40.2 Å². The number of alkyl halides is 3. The van der Waals surface area contributed by atoms with Crippen LogP contribution in [0.4, 0.5) is 18.9 Å². The van der Waals surface area contributed by atoms with Crippen molar-refractivity contribution in [3.05, 3.63) is 45.1 Å². The molecule has 0 aliphatic carbocycles. The largest absolute Gasteiger partial charge is 0.573 e. The van der Waals surface area contributed by atoms with Gasteiger partial charge < -0.3 is 10.1 Å². The maximum atomic E-state index is 12.3. The highest BCUT2D eigenvalue weighted by molar-refractivity contribution is 9.10. The van der Waals surface area contributed by atoms with E-state index in [9.17, 15) is 13.2 Å². The van der Waals surface area contributed by atoms with E-state index >= 15 is 0 Å². The lowest BCUT2D eigenvalue weighted by atomic mass is 10.2. The number of hydrogen-bond donors (Lipinski definition) is 1.